The molecule has 0 bridgehead atoms. The van der Waals surface area contributed by atoms with Gasteiger partial charge in [-0.1, -0.05) is 6.07 Å². The summed E-state index contributed by atoms with van der Waals surface area (Å²) in [4.78, 5) is 15.8. The van der Waals surface area contributed by atoms with Crippen LogP contribution in [0.1, 0.15) is 11.1 Å². The molecule has 0 fully saturated rings. The molecule has 0 aliphatic carbocycles. The fourth-order valence-electron chi connectivity index (χ4n) is 1.62. The predicted octanol–water partition coefficient (Wildman–Crippen LogP) is 2.28. The quantitative estimate of drug-likeness (QED) is 0.900. The molecule has 6 heteroatoms. The number of amides is 2. The second-order valence-corrected chi connectivity index (χ2v) is 4.21. The second-order valence-electron chi connectivity index (χ2n) is 4.21. The molecular formula is C15H14N4O2. The Morgan fingerprint density at radius 3 is 2.62 bits per heavy atom. The van der Waals surface area contributed by atoms with E-state index in [0.717, 1.165) is 5.56 Å². The maximum absolute atomic E-state index is 11.7. The van der Waals surface area contributed by atoms with Gasteiger partial charge in [-0.3, -0.25) is 0 Å². The Hall–Kier alpha value is -3.07. The summed E-state index contributed by atoms with van der Waals surface area (Å²) in [5.41, 5.74) is 2.04. The molecule has 1 aromatic heterocycles. The van der Waals surface area contributed by atoms with E-state index in [2.05, 4.69) is 15.6 Å². The number of ether oxygens (including phenoxy) is 1. The van der Waals surface area contributed by atoms with Crippen molar-refractivity contribution in [1.29, 1.82) is 5.26 Å². The zero-order valence-corrected chi connectivity index (χ0v) is 11.5. The van der Waals surface area contributed by atoms with E-state index in [4.69, 9.17) is 10.00 Å². The zero-order valence-electron chi connectivity index (χ0n) is 11.5. The van der Waals surface area contributed by atoms with Gasteiger partial charge in [0.05, 0.1) is 18.7 Å². The third-order valence-corrected chi connectivity index (χ3v) is 2.73. The Morgan fingerprint density at radius 1 is 1.29 bits per heavy atom. The number of benzene rings is 1. The highest BCUT2D eigenvalue weighted by molar-refractivity contribution is 5.89. The minimum absolute atomic E-state index is 0.324. The SMILES string of the molecule is COc1ccc(CNC(=O)Nc2ccc(C#N)cc2)cn1. The van der Waals surface area contributed by atoms with Crippen molar-refractivity contribution >= 4 is 11.7 Å². The summed E-state index contributed by atoms with van der Waals surface area (Å²) in [6, 6.07) is 11.9. The Bertz CT molecular complexity index is 645. The molecule has 0 aliphatic heterocycles. The van der Waals surface area contributed by atoms with Gasteiger partial charge in [-0.2, -0.15) is 5.26 Å². The van der Waals surface area contributed by atoms with E-state index in [-0.39, 0.29) is 6.03 Å². The van der Waals surface area contributed by atoms with E-state index in [1.807, 2.05) is 12.1 Å². The number of nitriles is 1. The molecule has 0 radical (unpaired) electrons. The summed E-state index contributed by atoms with van der Waals surface area (Å²) >= 11 is 0. The number of methoxy groups -OCH3 is 1. The van der Waals surface area contributed by atoms with Gasteiger partial charge < -0.3 is 15.4 Å². The summed E-state index contributed by atoms with van der Waals surface area (Å²) < 4.78 is 4.96. The van der Waals surface area contributed by atoms with Crippen LogP contribution in [0, 0.1) is 11.3 Å². The lowest BCUT2D eigenvalue weighted by molar-refractivity contribution is 0.251. The molecule has 0 aliphatic rings. The van der Waals surface area contributed by atoms with Gasteiger partial charge in [0.15, 0.2) is 0 Å². The summed E-state index contributed by atoms with van der Waals surface area (Å²) in [6.07, 6.45) is 1.64. The number of nitrogens with one attached hydrogen (secondary N) is 2. The highest BCUT2D eigenvalue weighted by atomic mass is 16.5. The lowest BCUT2D eigenvalue weighted by Gasteiger charge is -2.08. The molecule has 2 rings (SSSR count). The number of hydrogen-bond donors (Lipinski definition) is 2. The largest absolute Gasteiger partial charge is 0.481 e. The van der Waals surface area contributed by atoms with Crippen molar-refractivity contribution in [3.8, 4) is 11.9 Å². The molecule has 0 saturated carbocycles. The van der Waals surface area contributed by atoms with E-state index < -0.39 is 0 Å². The van der Waals surface area contributed by atoms with Crippen LogP contribution in [0.4, 0.5) is 10.5 Å². The van der Waals surface area contributed by atoms with Gasteiger partial charge in [0.2, 0.25) is 5.88 Å². The minimum atomic E-state index is -0.324. The molecule has 2 aromatic rings. The Morgan fingerprint density at radius 2 is 2.05 bits per heavy atom. The number of carbonyl (C=O) groups is 1. The van der Waals surface area contributed by atoms with Crippen molar-refractivity contribution in [3.05, 3.63) is 53.7 Å². The van der Waals surface area contributed by atoms with Crippen molar-refractivity contribution in [2.75, 3.05) is 12.4 Å². The second kappa shape index (κ2) is 6.91. The predicted molar refractivity (Wildman–Crippen MR) is 77.8 cm³/mol. The van der Waals surface area contributed by atoms with Gasteiger partial charge in [-0.05, 0) is 29.8 Å². The molecule has 106 valence electrons. The van der Waals surface area contributed by atoms with Gasteiger partial charge in [0.1, 0.15) is 0 Å². The summed E-state index contributed by atoms with van der Waals surface area (Å²) in [6.45, 7) is 0.360. The molecular weight excluding hydrogens is 268 g/mol. The van der Waals surface area contributed by atoms with E-state index in [1.54, 1.807) is 43.6 Å². The first-order valence-electron chi connectivity index (χ1n) is 6.25. The van der Waals surface area contributed by atoms with Crippen LogP contribution in [0.3, 0.4) is 0 Å². The van der Waals surface area contributed by atoms with Gasteiger partial charge >= 0.3 is 6.03 Å². The summed E-state index contributed by atoms with van der Waals surface area (Å²) in [5, 5.41) is 14.1. The van der Waals surface area contributed by atoms with Gasteiger partial charge in [-0.25, -0.2) is 9.78 Å². The van der Waals surface area contributed by atoms with Gasteiger partial charge in [0, 0.05) is 24.5 Å². The van der Waals surface area contributed by atoms with Crippen molar-refractivity contribution < 1.29 is 9.53 Å². The number of rotatable bonds is 4. The highest BCUT2D eigenvalue weighted by Crippen LogP contribution is 2.09. The first kappa shape index (κ1) is 14.3. The number of urea groups is 1. The molecule has 1 aromatic carbocycles. The van der Waals surface area contributed by atoms with Crippen LogP contribution in [0.15, 0.2) is 42.6 Å². The molecule has 0 unspecified atom stereocenters. The van der Waals surface area contributed by atoms with E-state index >= 15 is 0 Å². The lowest BCUT2D eigenvalue weighted by atomic mass is 10.2. The van der Waals surface area contributed by atoms with Gasteiger partial charge in [-0.15, -0.1) is 0 Å². The number of anilines is 1. The Kier molecular flexibility index (Phi) is 4.72. The standard InChI is InChI=1S/C15H14N4O2/c1-21-14-7-4-12(9-17-14)10-18-15(20)19-13-5-2-11(8-16)3-6-13/h2-7,9H,10H2,1H3,(H2,18,19,20). The number of pyridine rings is 1. The highest BCUT2D eigenvalue weighted by Gasteiger charge is 2.02. The molecule has 1 heterocycles. The third kappa shape index (κ3) is 4.21. The van der Waals surface area contributed by atoms with E-state index in [0.29, 0.717) is 23.7 Å². The maximum atomic E-state index is 11.7. The minimum Gasteiger partial charge on any atom is -0.481 e. The maximum Gasteiger partial charge on any atom is 0.319 e. The fourth-order valence-corrected chi connectivity index (χ4v) is 1.62. The monoisotopic (exact) mass is 282 g/mol. The van der Waals surface area contributed by atoms with Crippen molar-refractivity contribution in [1.82, 2.24) is 10.3 Å². The summed E-state index contributed by atoms with van der Waals surface area (Å²) in [7, 11) is 1.55. The smallest absolute Gasteiger partial charge is 0.319 e. The molecule has 0 saturated heterocycles. The first-order chi connectivity index (χ1) is 10.2. The van der Waals surface area contributed by atoms with Crippen LogP contribution >= 0.6 is 0 Å². The average molecular weight is 282 g/mol. The average Bonchev–Trinajstić information content (AvgIpc) is 2.54. The topological polar surface area (TPSA) is 87.0 Å². The number of carbonyl (C=O) groups excluding carboxylic acids is 1. The van der Waals surface area contributed by atoms with Crippen molar-refractivity contribution in [3.63, 3.8) is 0 Å². The molecule has 2 amide bonds. The van der Waals surface area contributed by atoms with Gasteiger partial charge in [0.25, 0.3) is 0 Å². The van der Waals surface area contributed by atoms with E-state index in [9.17, 15) is 4.79 Å². The fraction of sp³-hybridized carbons (Fsp3) is 0.133. The lowest BCUT2D eigenvalue weighted by Crippen LogP contribution is -2.28. The van der Waals surface area contributed by atoms with Crippen LogP contribution in [0.5, 0.6) is 5.88 Å². The van der Waals surface area contributed by atoms with Crippen LogP contribution in [0.25, 0.3) is 0 Å². The van der Waals surface area contributed by atoms with Crippen molar-refractivity contribution in [2.24, 2.45) is 0 Å². The summed E-state index contributed by atoms with van der Waals surface area (Å²) in [5.74, 6) is 0.529. The normalized spacial score (nSPS) is 9.52. The molecule has 0 spiro atoms. The Balaban J connectivity index is 1.85. The first-order valence-corrected chi connectivity index (χ1v) is 6.25. The number of hydrogen-bond acceptors (Lipinski definition) is 4. The molecule has 6 nitrogen and oxygen atoms in total. The van der Waals surface area contributed by atoms with Crippen molar-refractivity contribution in [2.45, 2.75) is 6.54 Å². The molecule has 21 heavy (non-hydrogen) atoms. The van der Waals surface area contributed by atoms with Crippen LogP contribution in [-0.4, -0.2) is 18.1 Å². The number of aromatic nitrogens is 1. The Labute approximate surface area is 122 Å². The number of nitrogens with zero attached hydrogens (tertiary/aromatic N) is 2. The van der Waals surface area contributed by atoms with E-state index in [1.165, 1.54) is 0 Å². The molecule has 0 atom stereocenters. The van der Waals surface area contributed by atoms with Crippen LogP contribution < -0.4 is 15.4 Å². The molecule has 2 N–H and O–H groups in total. The zero-order chi connectivity index (χ0) is 15.1. The third-order valence-electron chi connectivity index (χ3n) is 2.73. The van der Waals surface area contributed by atoms with Crippen LogP contribution in [0.2, 0.25) is 0 Å². The van der Waals surface area contributed by atoms with Crippen LogP contribution in [-0.2, 0) is 6.54 Å².